The fourth-order valence-electron chi connectivity index (χ4n) is 2.23. The van der Waals surface area contributed by atoms with Gasteiger partial charge in [0.05, 0.1) is 18.2 Å². The maximum Gasteiger partial charge on any atom is 0.181 e. The van der Waals surface area contributed by atoms with Crippen molar-refractivity contribution in [3.8, 4) is 0 Å². The topological polar surface area (TPSA) is 155 Å². The average Bonchev–Trinajstić information content (AvgIpc) is 2.98. The van der Waals surface area contributed by atoms with E-state index < -0.39 is 31.1 Å². The molecule has 0 bridgehead atoms. The zero-order chi connectivity index (χ0) is 14.4. The minimum absolute atomic E-state index is 0. The Balaban J connectivity index is 0.00000161. The van der Waals surface area contributed by atoms with Gasteiger partial charge in [-0.15, -0.1) is 12.4 Å². The smallest absolute Gasteiger partial charge is 0.181 e. The Morgan fingerprint density at radius 2 is 2.10 bits per heavy atom. The molecule has 0 amide bonds. The predicted molar refractivity (Wildman–Crippen MR) is 71.8 cm³/mol. The molecule has 0 saturated carbocycles. The van der Waals surface area contributed by atoms with E-state index in [0.29, 0.717) is 11.0 Å². The molecule has 0 spiro atoms. The van der Waals surface area contributed by atoms with Gasteiger partial charge in [0, 0.05) is 0 Å². The lowest BCUT2D eigenvalue weighted by Gasteiger charge is -2.15. The van der Waals surface area contributed by atoms with Crippen molar-refractivity contribution in [3.63, 3.8) is 0 Å². The highest BCUT2D eigenvalue weighted by Gasteiger charge is 2.44. The van der Waals surface area contributed by atoms with Gasteiger partial charge < -0.3 is 25.9 Å². The Kier molecular flexibility index (Phi) is 4.16. The number of rotatable bonds is 2. The number of nitrogens with two attached hydrogens (primary N) is 1. The molecule has 0 aromatic carbocycles. The van der Waals surface area contributed by atoms with Crippen LogP contribution in [0, 0.1) is 5.41 Å². The first-order chi connectivity index (χ1) is 9.54. The third-order valence-electron chi connectivity index (χ3n) is 3.35. The van der Waals surface area contributed by atoms with Crippen molar-refractivity contribution in [3.05, 3.63) is 18.0 Å². The Labute approximate surface area is 124 Å². The number of hydrogen-bond donors (Lipinski definition) is 5. The van der Waals surface area contributed by atoms with Crippen LogP contribution < -0.4 is 11.3 Å². The molecular weight excluding hydrogens is 304 g/mol. The molecule has 2 aromatic rings. The molecule has 4 atom stereocenters. The van der Waals surface area contributed by atoms with Crippen LogP contribution in [0.4, 0.5) is 0 Å². The number of hydrogen-bond acceptors (Lipinski definition) is 8. The van der Waals surface area contributed by atoms with Gasteiger partial charge in [0.1, 0.15) is 24.6 Å². The SMILES string of the molecule is Cl.N=c1c2cnn(C3OC(CO)C(O)C3O)c2ncn1N. The number of fused-ring (bicyclic) bond motifs is 1. The number of aromatic nitrogens is 4. The molecule has 11 heteroatoms. The molecule has 0 radical (unpaired) electrons. The fraction of sp³-hybridized carbons (Fsp3) is 0.500. The van der Waals surface area contributed by atoms with Crippen molar-refractivity contribution >= 4 is 23.4 Å². The van der Waals surface area contributed by atoms with Gasteiger partial charge in [-0.25, -0.2) is 14.3 Å². The number of ether oxygens (including phenoxy) is 1. The summed E-state index contributed by atoms with van der Waals surface area (Å²) in [5.41, 5.74) is 0.305. The standard InChI is InChI=1S/C10H14N6O4.ClH/c11-8-4-1-14-16(9(4)13-3-15(8)12)10-7(19)6(18)5(2-17)20-10;/h1,3,5-7,10-11,17-19H,2,12H2;1H. The summed E-state index contributed by atoms with van der Waals surface area (Å²) in [5.74, 6) is 5.52. The molecule has 0 aliphatic carbocycles. The van der Waals surface area contributed by atoms with Gasteiger partial charge in [0.2, 0.25) is 0 Å². The summed E-state index contributed by atoms with van der Waals surface area (Å²) in [6.07, 6.45) is -1.74. The quantitative estimate of drug-likeness (QED) is 0.382. The third-order valence-corrected chi connectivity index (χ3v) is 3.35. The van der Waals surface area contributed by atoms with E-state index in [2.05, 4.69) is 10.1 Å². The number of aliphatic hydroxyl groups excluding tert-OH is 3. The van der Waals surface area contributed by atoms with E-state index in [1.54, 1.807) is 0 Å². The molecule has 21 heavy (non-hydrogen) atoms. The van der Waals surface area contributed by atoms with Crippen LogP contribution in [0.5, 0.6) is 0 Å². The normalized spacial score (nSPS) is 28.7. The summed E-state index contributed by atoms with van der Waals surface area (Å²) in [5, 5.41) is 41.0. The van der Waals surface area contributed by atoms with E-state index in [4.69, 9.17) is 21.1 Å². The second kappa shape index (κ2) is 5.58. The lowest BCUT2D eigenvalue weighted by atomic mass is 10.1. The summed E-state index contributed by atoms with van der Waals surface area (Å²) in [6, 6.07) is 0. The van der Waals surface area contributed by atoms with Gasteiger partial charge in [-0.05, 0) is 0 Å². The Bertz CT molecular complexity index is 702. The number of aliphatic hydroxyl groups is 3. The minimum atomic E-state index is -1.25. The van der Waals surface area contributed by atoms with Gasteiger partial charge >= 0.3 is 0 Å². The van der Waals surface area contributed by atoms with Crippen molar-refractivity contribution in [2.45, 2.75) is 24.5 Å². The van der Waals surface area contributed by atoms with E-state index in [1.807, 2.05) is 0 Å². The zero-order valence-electron chi connectivity index (χ0n) is 10.7. The van der Waals surface area contributed by atoms with Gasteiger partial charge in [-0.3, -0.25) is 5.41 Å². The molecule has 1 fully saturated rings. The highest BCUT2D eigenvalue weighted by Crippen LogP contribution is 2.30. The first kappa shape index (κ1) is 15.7. The van der Waals surface area contributed by atoms with Gasteiger partial charge in [0.25, 0.3) is 0 Å². The fourth-order valence-corrected chi connectivity index (χ4v) is 2.23. The van der Waals surface area contributed by atoms with Crippen LogP contribution in [0.1, 0.15) is 6.23 Å². The third kappa shape index (κ3) is 2.26. The minimum Gasteiger partial charge on any atom is -0.394 e. The number of halogens is 1. The zero-order valence-corrected chi connectivity index (χ0v) is 11.5. The monoisotopic (exact) mass is 318 g/mol. The molecule has 1 aliphatic rings. The van der Waals surface area contributed by atoms with E-state index in [0.717, 1.165) is 4.68 Å². The Hall–Kier alpha value is -1.72. The summed E-state index contributed by atoms with van der Waals surface area (Å²) in [4.78, 5) is 4.04. The average molecular weight is 319 g/mol. The first-order valence-electron chi connectivity index (χ1n) is 5.91. The highest BCUT2D eigenvalue weighted by molar-refractivity contribution is 5.85. The molecule has 116 valence electrons. The van der Waals surface area contributed by atoms with Crippen molar-refractivity contribution in [1.29, 1.82) is 5.41 Å². The van der Waals surface area contributed by atoms with E-state index >= 15 is 0 Å². The molecule has 3 heterocycles. The predicted octanol–water partition coefficient (Wildman–Crippen LogP) is -2.54. The summed E-state index contributed by atoms with van der Waals surface area (Å²) in [7, 11) is 0. The molecule has 6 N–H and O–H groups in total. The van der Waals surface area contributed by atoms with Crippen LogP contribution in [0.15, 0.2) is 12.5 Å². The first-order valence-corrected chi connectivity index (χ1v) is 5.91. The molecule has 2 aromatic heterocycles. The van der Waals surface area contributed by atoms with Gasteiger partial charge in [-0.1, -0.05) is 0 Å². The van der Waals surface area contributed by atoms with E-state index in [-0.39, 0.29) is 17.9 Å². The van der Waals surface area contributed by atoms with Crippen LogP contribution in [0.2, 0.25) is 0 Å². The summed E-state index contributed by atoms with van der Waals surface area (Å²) < 4.78 is 7.66. The summed E-state index contributed by atoms with van der Waals surface area (Å²) in [6.45, 7) is -0.423. The lowest BCUT2D eigenvalue weighted by molar-refractivity contribution is -0.0566. The van der Waals surface area contributed by atoms with Crippen LogP contribution in [-0.2, 0) is 4.74 Å². The molecule has 4 unspecified atom stereocenters. The van der Waals surface area contributed by atoms with Gasteiger partial charge in [-0.2, -0.15) is 5.10 Å². The van der Waals surface area contributed by atoms with E-state index in [9.17, 15) is 10.2 Å². The largest absolute Gasteiger partial charge is 0.394 e. The second-order valence-corrected chi connectivity index (χ2v) is 4.56. The lowest BCUT2D eigenvalue weighted by Crippen LogP contribution is -2.33. The van der Waals surface area contributed by atoms with Crippen LogP contribution in [0.25, 0.3) is 11.0 Å². The van der Waals surface area contributed by atoms with Crippen LogP contribution >= 0.6 is 12.4 Å². The molecule has 10 nitrogen and oxygen atoms in total. The maximum absolute atomic E-state index is 9.96. The maximum atomic E-state index is 9.96. The highest BCUT2D eigenvalue weighted by atomic mass is 35.5. The summed E-state index contributed by atoms with van der Waals surface area (Å²) >= 11 is 0. The van der Waals surface area contributed by atoms with Crippen molar-refractivity contribution in [2.75, 3.05) is 12.4 Å². The number of nitrogens with zero attached hydrogens (tertiary/aromatic N) is 4. The Morgan fingerprint density at radius 1 is 1.38 bits per heavy atom. The molecule has 1 saturated heterocycles. The van der Waals surface area contributed by atoms with Gasteiger partial charge in [0.15, 0.2) is 17.4 Å². The number of nitrogens with one attached hydrogen (secondary N) is 1. The van der Waals surface area contributed by atoms with Crippen molar-refractivity contribution < 1.29 is 20.1 Å². The van der Waals surface area contributed by atoms with E-state index in [1.165, 1.54) is 17.2 Å². The van der Waals surface area contributed by atoms with Crippen LogP contribution in [-0.4, -0.2) is 59.7 Å². The van der Waals surface area contributed by atoms with Crippen molar-refractivity contribution in [1.82, 2.24) is 19.4 Å². The second-order valence-electron chi connectivity index (χ2n) is 4.56. The molecule has 1 aliphatic heterocycles. The van der Waals surface area contributed by atoms with Crippen molar-refractivity contribution in [2.24, 2.45) is 0 Å². The molecular formula is C10H15ClN6O4. The Morgan fingerprint density at radius 3 is 2.71 bits per heavy atom. The van der Waals surface area contributed by atoms with Crippen LogP contribution in [0.3, 0.4) is 0 Å². The molecule has 3 rings (SSSR count). The number of nitrogen functional groups attached to an aromatic ring is 1.